The lowest BCUT2D eigenvalue weighted by molar-refractivity contribution is 0.0158. The molecule has 0 bridgehead atoms. The number of benzene rings is 2. The first-order valence-electron chi connectivity index (χ1n) is 14.4. The largest absolute Gasteiger partial charge is 0.494 e. The van der Waals surface area contributed by atoms with Gasteiger partial charge in [-0.3, -0.25) is 0 Å². The Morgan fingerprint density at radius 3 is 2.55 bits per heavy atom. The van der Waals surface area contributed by atoms with Crippen molar-refractivity contribution in [2.45, 2.75) is 59.2 Å². The molecule has 1 atom stereocenters. The van der Waals surface area contributed by atoms with E-state index in [9.17, 15) is 13.6 Å². The summed E-state index contributed by atoms with van der Waals surface area (Å²) in [5, 5.41) is 3.80. The molecule has 5 rings (SSSR count). The van der Waals surface area contributed by atoms with E-state index in [1.165, 1.54) is 6.07 Å². The standard InChI is InChI=1S/C31H34Cl2F2N6O3/c1-5-43-20-12-21(32)26(22(33)13-20)28-38-25-15-37-29(36-14-18-8-9-23(34)24(35)11-18)39-27(25)41(28)17-19-7-6-10-40(16-19)30(42)44-31(2,3)4/h8-9,11-13,15,19H,5-7,10,14,16-17H2,1-4H3,(H,36,37,39)/t19-/m1/s1. The second kappa shape index (κ2) is 13.1. The molecule has 1 aliphatic heterocycles. The molecule has 1 N–H and O–H groups in total. The number of rotatable bonds is 8. The Kier molecular flexibility index (Phi) is 9.45. The van der Waals surface area contributed by atoms with Gasteiger partial charge in [0.1, 0.15) is 22.7 Å². The average Bonchev–Trinajstić information content (AvgIpc) is 3.29. The van der Waals surface area contributed by atoms with E-state index in [1.807, 2.05) is 32.3 Å². The maximum atomic E-state index is 13.7. The number of carbonyl (C=O) groups excluding carboxylic acids is 1. The van der Waals surface area contributed by atoms with Crippen molar-refractivity contribution in [2.75, 3.05) is 25.0 Å². The lowest BCUT2D eigenvalue weighted by Crippen LogP contribution is -2.43. The van der Waals surface area contributed by atoms with E-state index in [0.29, 0.717) is 70.2 Å². The van der Waals surface area contributed by atoms with Crippen molar-refractivity contribution in [2.24, 2.45) is 5.92 Å². The summed E-state index contributed by atoms with van der Waals surface area (Å²) in [5.41, 5.74) is 1.49. The zero-order valence-electron chi connectivity index (χ0n) is 25.0. The van der Waals surface area contributed by atoms with E-state index in [4.69, 9.17) is 42.6 Å². The van der Waals surface area contributed by atoms with E-state index in [1.54, 1.807) is 23.2 Å². The van der Waals surface area contributed by atoms with E-state index < -0.39 is 17.2 Å². The summed E-state index contributed by atoms with van der Waals surface area (Å²) in [6.45, 7) is 9.60. The molecule has 4 aromatic rings. The summed E-state index contributed by atoms with van der Waals surface area (Å²) >= 11 is 13.5. The number of fused-ring (bicyclic) bond motifs is 1. The highest BCUT2D eigenvalue weighted by atomic mass is 35.5. The molecule has 1 fully saturated rings. The van der Waals surface area contributed by atoms with Crippen LogP contribution in [0.3, 0.4) is 0 Å². The number of nitrogens with zero attached hydrogens (tertiary/aromatic N) is 5. The van der Waals surface area contributed by atoms with Crippen LogP contribution in [0.4, 0.5) is 19.5 Å². The van der Waals surface area contributed by atoms with Crippen LogP contribution in [0.5, 0.6) is 5.75 Å². The van der Waals surface area contributed by atoms with E-state index in [-0.39, 0.29) is 24.5 Å². The van der Waals surface area contributed by atoms with Crippen LogP contribution in [0.1, 0.15) is 46.1 Å². The second-order valence-corrected chi connectivity index (χ2v) is 12.5. The van der Waals surface area contributed by atoms with Crippen LogP contribution in [-0.2, 0) is 17.8 Å². The van der Waals surface area contributed by atoms with Gasteiger partial charge in [-0.15, -0.1) is 0 Å². The minimum atomic E-state index is -0.930. The zero-order valence-corrected chi connectivity index (χ0v) is 26.5. The highest BCUT2D eigenvalue weighted by Crippen LogP contribution is 2.39. The first-order chi connectivity index (χ1) is 20.9. The fourth-order valence-corrected chi connectivity index (χ4v) is 5.81. The van der Waals surface area contributed by atoms with Gasteiger partial charge in [-0.25, -0.2) is 23.5 Å². The average molecular weight is 648 g/mol. The van der Waals surface area contributed by atoms with Gasteiger partial charge in [0.05, 0.1) is 28.4 Å². The number of imidazole rings is 1. The third-order valence-electron chi connectivity index (χ3n) is 7.08. The van der Waals surface area contributed by atoms with Crippen LogP contribution in [0.15, 0.2) is 36.5 Å². The van der Waals surface area contributed by atoms with Gasteiger partial charge in [-0.05, 0) is 76.3 Å². The SMILES string of the molecule is CCOc1cc(Cl)c(-c2nc3cnc(NCc4ccc(F)c(F)c4)nc3n2C[C@@H]2CCCN(C(=O)OC(C)(C)C)C2)c(Cl)c1. The van der Waals surface area contributed by atoms with Crippen molar-refractivity contribution < 1.29 is 23.0 Å². The van der Waals surface area contributed by atoms with Crippen LogP contribution in [0.25, 0.3) is 22.6 Å². The Morgan fingerprint density at radius 1 is 1.11 bits per heavy atom. The third kappa shape index (κ3) is 7.32. The number of aromatic nitrogens is 4. The second-order valence-electron chi connectivity index (χ2n) is 11.7. The normalized spacial score (nSPS) is 15.5. The van der Waals surface area contributed by atoms with Crippen molar-refractivity contribution in [1.82, 2.24) is 24.4 Å². The van der Waals surface area contributed by atoms with Gasteiger partial charge in [0.2, 0.25) is 5.95 Å². The third-order valence-corrected chi connectivity index (χ3v) is 7.68. The molecule has 3 heterocycles. The lowest BCUT2D eigenvalue weighted by atomic mass is 9.98. The zero-order chi connectivity index (χ0) is 31.6. The summed E-state index contributed by atoms with van der Waals surface area (Å²) in [7, 11) is 0. The van der Waals surface area contributed by atoms with E-state index >= 15 is 0 Å². The lowest BCUT2D eigenvalue weighted by Gasteiger charge is -2.34. The van der Waals surface area contributed by atoms with Crippen molar-refractivity contribution >= 4 is 46.4 Å². The Hall–Kier alpha value is -3.70. The molecule has 13 heteroatoms. The number of hydrogen-bond donors (Lipinski definition) is 1. The predicted octanol–water partition coefficient (Wildman–Crippen LogP) is 7.74. The summed E-state index contributed by atoms with van der Waals surface area (Å²) < 4.78 is 40.3. The van der Waals surface area contributed by atoms with E-state index in [2.05, 4.69) is 10.3 Å². The molecule has 0 saturated carbocycles. The van der Waals surface area contributed by atoms with Gasteiger partial charge in [0.25, 0.3) is 0 Å². The molecule has 44 heavy (non-hydrogen) atoms. The highest BCUT2D eigenvalue weighted by molar-refractivity contribution is 6.39. The smallest absolute Gasteiger partial charge is 0.410 e. The summed E-state index contributed by atoms with van der Waals surface area (Å²) in [6.07, 6.45) is 2.92. The molecule has 0 spiro atoms. The first-order valence-corrected chi connectivity index (χ1v) is 15.2. The van der Waals surface area contributed by atoms with Crippen molar-refractivity contribution in [3.05, 3.63) is 63.8 Å². The number of piperidine rings is 1. The summed E-state index contributed by atoms with van der Waals surface area (Å²) in [4.78, 5) is 28.6. The number of hydrogen-bond acceptors (Lipinski definition) is 7. The number of nitrogens with one attached hydrogen (secondary N) is 1. The molecule has 1 amide bonds. The molecule has 234 valence electrons. The Bertz CT molecular complexity index is 1650. The minimum Gasteiger partial charge on any atom is -0.494 e. The van der Waals surface area contributed by atoms with Gasteiger partial charge in [0, 0.05) is 26.2 Å². The fraction of sp³-hybridized carbons (Fsp3) is 0.419. The maximum absolute atomic E-state index is 13.7. The van der Waals surface area contributed by atoms with Gasteiger partial charge < -0.3 is 24.3 Å². The predicted molar refractivity (Wildman–Crippen MR) is 166 cm³/mol. The minimum absolute atomic E-state index is 0.0567. The van der Waals surface area contributed by atoms with Crippen LogP contribution >= 0.6 is 23.2 Å². The van der Waals surface area contributed by atoms with Gasteiger partial charge in [0.15, 0.2) is 17.3 Å². The van der Waals surface area contributed by atoms with E-state index in [0.717, 1.165) is 25.0 Å². The topological polar surface area (TPSA) is 94.4 Å². The molecule has 0 unspecified atom stereocenters. The first kappa shape index (κ1) is 31.7. The molecule has 1 aliphatic rings. The molecule has 0 aliphatic carbocycles. The molecule has 1 saturated heterocycles. The van der Waals surface area contributed by atoms with Crippen LogP contribution in [0, 0.1) is 17.6 Å². The number of halogens is 4. The Labute approximate surface area is 264 Å². The fourth-order valence-electron chi connectivity index (χ4n) is 5.18. The number of likely N-dealkylation sites (tertiary alicyclic amines) is 1. The highest BCUT2D eigenvalue weighted by Gasteiger charge is 2.30. The van der Waals surface area contributed by atoms with Crippen molar-refractivity contribution in [3.63, 3.8) is 0 Å². The maximum Gasteiger partial charge on any atom is 0.410 e. The number of carbonyl (C=O) groups is 1. The van der Waals surface area contributed by atoms with Crippen LogP contribution in [0.2, 0.25) is 10.0 Å². The molecular formula is C31H34Cl2F2N6O3. The van der Waals surface area contributed by atoms with Gasteiger partial charge >= 0.3 is 6.09 Å². The number of amides is 1. The summed E-state index contributed by atoms with van der Waals surface area (Å²) in [5.74, 6) is -0.473. The quantitative estimate of drug-likeness (QED) is 0.209. The molecular weight excluding hydrogens is 613 g/mol. The van der Waals surface area contributed by atoms with Crippen LogP contribution in [-0.4, -0.2) is 55.8 Å². The number of ether oxygens (including phenoxy) is 2. The van der Waals surface area contributed by atoms with Gasteiger partial charge in [-0.2, -0.15) is 4.98 Å². The monoisotopic (exact) mass is 646 g/mol. The van der Waals surface area contributed by atoms with Crippen molar-refractivity contribution in [3.8, 4) is 17.1 Å². The van der Waals surface area contributed by atoms with Crippen LogP contribution < -0.4 is 10.1 Å². The molecule has 0 radical (unpaired) electrons. The van der Waals surface area contributed by atoms with Gasteiger partial charge in [-0.1, -0.05) is 29.3 Å². The molecule has 9 nitrogen and oxygen atoms in total. The Balaban J connectivity index is 1.50. The Morgan fingerprint density at radius 2 is 1.86 bits per heavy atom. The summed E-state index contributed by atoms with van der Waals surface area (Å²) in [6, 6.07) is 7.08. The number of anilines is 1. The van der Waals surface area contributed by atoms with Crippen molar-refractivity contribution in [1.29, 1.82) is 0 Å². The molecule has 2 aromatic carbocycles. The molecule has 2 aromatic heterocycles.